The number of benzene rings is 2. The minimum atomic E-state index is -1.25. The quantitative estimate of drug-likeness (QED) is 0.656. The first-order valence-electron chi connectivity index (χ1n) is 6.97. The van der Waals surface area contributed by atoms with E-state index in [1.807, 2.05) is 25.1 Å². The summed E-state index contributed by atoms with van der Waals surface area (Å²) in [6, 6.07) is 16.0. The van der Waals surface area contributed by atoms with Crippen molar-refractivity contribution in [3.63, 3.8) is 0 Å². The van der Waals surface area contributed by atoms with Crippen LogP contribution in [0.1, 0.15) is 30.6 Å². The lowest BCUT2D eigenvalue weighted by Gasteiger charge is -2.10. The smallest absolute Gasteiger partial charge is 0.273 e. The molecule has 0 aliphatic carbocycles. The van der Waals surface area contributed by atoms with Crippen LogP contribution >= 0.6 is 11.6 Å². The highest BCUT2D eigenvalue weighted by Crippen LogP contribution is 2.14. The van der Waals surface area contributed by atoms with Gasteiger partial charge in [0.15, 0.2) is 6.10 Å². The summed E-state index contributed by atoms with van der Waals surface area (Å²) in [5.74, 6) is -0.570. The van der Waals surface area contributed by atoms with E-state index < -0.39 is 12.0 Å². The number of amides is 1. The van der Waals surface area contributed by atoms with Crippen LogP contribution in [-0.4, -0.2) is 16.7 Å². The van der Waals surface area contributed by atoms with Crippen molar-refractivity contribution in [2.75, 3.05) is 0 Å². The molecule has 5 heteroatoms. The maximum Gasteiger partial charge on any atom is 0.273 e. The summed E-state index contributed by atoms with van der Waals surface area (Å²) in [6.45, 7) is 1.93. The predicted octanol–water partition coefficient (Wildman–Crippen LogP) is 3.30. The second-order valence-electron chi connectivity index (χ2n) is 4.71. The van der Waals surface area contributed by atoms with Crippen LogP contribution in [0.3, 0.4) is 0 Å². The van der Waals surface area contributed by atoms with E-state index in [1.165, 1.54) is 0 Å². The van der Waals surface area contributed by atoms with E-state index in [1.54, 1.807) is 36.4 Å². The molecule has 0 aromatic heterocycles. The zero-order chi connectivity index (χ0) is 15.9. The molecule has 22 heavy (non-hydrogen) atoms. The lowest BCUT2D eigenvalue weighted by Crippen LogP contribution is -2.26. The summed E-state index contributed by atoms with van der Waals surface area (Å²) in [6.07, 6.45) is -0.621. The van der Waals surface area contributed by atoms with Crippen molar-refractivity contribution in [3.05, 3.63) is 70.7 Å². The van der Waals surface area contributed by atoms with E-state index in [9.17, 15) is 9.90 Å². The molecule has 1 unspecified atom stereocenters. The first-order valence-corrected chi connectivity index (χ1v) is 7.35. The van der Waals surface area contributed by atoms with Crippen molar-refractivity contribution in [1.29, 1.82) is 0 Å². The Morgan fingerprint density at radius 2 is 1.95 bits per heavy atom. The highest BCUT2D eigenvalue weighted by Gasteiger charge is 2.16. The van der Waals surface area contributed by atoms with E-state index in [4.69, 9.17) is 11.6 Å². The van der Waals surface area contributed by atoms with Gasteiger partial charge in [-0.15, -0.1) is 0 Å². The fraction of sp³-hybridized carbons (Fsp3) is 0.176. The summed E-state index contributed by atoms with van der Waals surface area (Å²) >= 11 is 5.96. The molecule has 2 N–H and O–H groups in total. The van der Waals surface area contributed by atoms with Gasteiger partial charge in [0.1, 0.15) is 0 Å². The van der Waals surface area contributed by atoms with Crippen LogP contribution in [0, 0.1) is 0 Å². The van der Waals surface area contributed by atoms with E-state index in [0.29, 0.717) is 22.7 Å². The number of hydrogen-bond donors (Lipinski definition) is 2. The number of rotatable bonds is 5. The second kappa shape index (κ2) is 7.73. The van der Waals surface area contributed by atoms with Crippen LogP contribution in [0.5, 0.6) is 0 Å². The molecule has 0 fully saturated rings. The summed E-state index contributed by atoms with van der Waals surface area (Å²) in [7, 11) is 0. The highest BCUT2D eigenvalue weighted by molar-refractivity contribution is 6.31. The number of aliphatic hydroxyl groups is 1. The maximum absolute atomic E-state index is 12.0. The summed E-state index contributed by atoms with van der Waals surface area (Å²) in [4.78, 5) is 12.0. The minimum Gasteiger partial charge on any atom is -0.378 e. The van der Waals surface area contributed by atoms with Gasteiger partial charge in [0, 0.05) is 5.02 Å². The molecule has 0 spiro atoms. The van der Waals surface area contributed by atoms with Gasteiger partial charge in [-0.3, -0.25) is 4.79 Å². The van der Waals surface area contributed by atoms with Crippen LogP contribution in [0.15, 0.2) is 59.7 Å². The summed E-state index contributed by atoms with van der Waals surface area (Å²) < 4.78 is 0. The summed E-state index contributed by atoms with van der Waals surface area (Å²) in [5.41, 5.74) is 4.46. The number of aliphatic hydroxyl groups excluding tert-OH is 1. The van der Waals surface area contributed by atoms with Gasteiger partial charge in [-0.1, -0.05) is 61.0 Å². The third-order valence-corrected chi connectivity index (χ3v) is 3.39. The first kappa shape index (κ1) is 16.2. The van der Waals surface area contributed by atoms with E-state index >= 15 is 0 Å². The summed E-state index contributed by atoms with van der Waals surface area (Å²) in [5, 5.41) is 14.7. The van der Waals surface area contributed by atoms with Gasteiger partial charge in [0.05, 0.1) is 5.71 Å². The Bertz CT molecular complexity index is 671. The molecule has 2 aromatic carbocycles. The number of nitrogens with one attached hydrogen (secondary N) is 1. The van der Waals surface area contributed by atoms with E-state index in [0.717, 1.165) is 5.56 Å². The Morgan fingerprint density at radius 1 is 1.23 bits per heavy atom. The molecule has 1 amide bonds. The molecule has 0 saturated heterocycles. The van der Waals surface area contributed by atoms with Gasteiger partial charge >= 0.3 is 0 Å². The standard InChI is InChI=1S/C17H17ClN2O2/c1-2-15(13-9-6-10-14(18)11-13)19-20-17(22)16(21)12-7-4-3-5-8-12/h3-11,16,21H,2H2,1H3,(H,20,22). The number of nitrogens with zero attached hydrogens (tertiary/aromatic N) is 1. The molecular weight excluding hydrogens is 300 g/mol. The fourth-order valence-electron chi connectivity index (χ4n) is 1.99. The molecule has 2 rings (SSSR count). The Morgan fingerprint density at radius 3 is 2.59 bits per heavy atom. The average molecular weight is 317 g/mol. The van der Waals surface area contributed by atoms with Gasteiger partial charge in [-0.05, 0) is 29.7 Å². The Labute approximate surface area is 134 Å². The van der Waals surface area contributed by atoms with Gasteiger partial charge in [0.2, 0.25) is 0 Å². The Kier molecular flexibility index (Phi) is 5.69. The molecule has 0 bridgehead atoms. The van der Waals surface area contributed by atoms with Crippen molar-refractivity contribution >= 4 is 23.2 Å². The molecule has 2 aromatic rings. The lowest BCUT2D eigenvalue weighted by molar-refractivity contribution is -0.129. The zero-order valence-corrected chi connectivity index (χ0v) is 12.9. The SMILES string of the molecule is CCC(=NNC(=O)C(O)c1ccccc1)c1cccc(Cl)c1. The van der Waals surface area contributed by atoms with Crippen molar-refractivity contribution in [1.82, 2.24) is 5.43 Å². The van der Waals surface area contributed by atoms with Gasteiger partial charge < -0.3 is 5.11 Å². The molecule has 0 radical (unpaired) electrons. The van der Waals surface area contributed by atoms with Crippen molar-refractivity contribution in [2.24, 2.45) is 5.10 Å². The second-order valence-corrected chi connectivity index (χ2v) is 5.15. The van der Waals surface area contributed by atoms with Crippen LogP contribution in [-0.2, 0) is 4.79 Å². The van der Waals surface area contributed by atoms with Crippen molar-refractivity contribution < 1.29 is 9.90 Å². The average Bonchev–Trinajstić information content (AvgIpc) is 2.55. The number of halogens is 1. The molecule has 4 nitrogen and oxygen atoms in total. The van der Waals surface area contributed by atoms with Crippen molar-refractivity contribution in [3.8, 4) is 0 Å². The van der Waals surface area contributed by atoms with Crippen LogP contribution in [0.25, 0.3) is 0 Å². The zero-order valence-electron chi connectivity index (χ0n) is 12.2. The monoisotopic (exact) mass is 316 g/mol. The van der Waals surface area contributed by atoms with Gasteiger partial charge in [0.25, 0.3) is 5.91 Å². The third-order valence-electron chi connectivity index (χ3n) is 3.16. The van der Waals surface area contributed by atoms with Crippen molar-refractivity contribution in [2.45, 2.75) is 19.4 Å². The number of hydrogen-bond acceptors (Lipinski definition) is 3. The first-order chi connectivity index (χ1) is 10.6. The maximum atomic E-state index is 12.0. The fourth-order valence-corrected chi connectivity index (χ4v) is 2.18. The molecule has 0 heterocycles. The van der Waals surface area contributed by atoms with Crippen LogP contribution in [0.4, 0.5) is 0 Å². The minimum absolute atomic E-state index is 0.524. The molecule has 1 atom stereocenters. The topological polar surface area (TPSA) is 61.7 Å². The van der Waals surface area contributed by atoms with E-state index in [-0.39, 0.29) is 0 Å². The van der Waals surface area contributed by atoms with Crippen LogP contribution in [0.2, 0.25) is 5.02 Å². The third kappa shape index (κ3) is 4.16. The van der Waals surface area contributed by atoms with Gasteiger partial charge in [-0.25, -0.2) is 5.43 Å². The molecule has 0 saturated carbocycles. The number of carbonyl (C=O) groups excluding carboxylic acids is 1. The Balaban J connectivity index is 2.10. The Hall–Kier alpha value is -2.17. The molecule has 0 aliphatic heterocycles. The molecule has 0 aliphatic rings. The predicted molar refractivity (Wildman–Crippen MR) is 87.8 cm³/mol. The molecular formula is C17H17ClN2O2. The highest BCUT2D eigenvalue weighted by atomic mass is 35.5. The van der Waals surface area contributed by atoms with E-state index in [2.05, 4.69) is 10.5 Å². The van der Waals surface area contributed by atoms with Gasteiger partial charge in [-0.2, -0.15) is 5.10 Å². The lowest BCUT2D eigenvalue weighted by atomic mass is 10.1. The number of carbonyl (C=O) groups is 1. The molecule has 114 valence electrons. The normalized spacial score (nSPS) is 12.8. The largest absolute Gasteiger partial charge is 0.378 e. The van der Waals surface area contributed by atoms with Crippen LogP contribution < -0.4 is 5.43 Å². The number of hydrazone groups is 1.